The number of nitrogens with zero attached hydrogens (tertiary/aromatic N) is 1. The van der Waals surface area contributed by atoms with Gasteiger partial charge >= 0.3 is 29.6 Å². The van der Waals surface area contributed by atoms with Crippen molar-refractivity contribution in [1.82, 2.24) is 0 Å². The van der Waals surface area contributed by atoms with Crippen LogP contribution in [0, 0.1) is 0 Å². The number of rotatable bonds is 5. The Morgan fingerprint density at radius 3 is 2.00 bits per heavy atom. The van der Waals surface area contributed by atoms with E-state index in [1.54, 1.807) is 42.5 Å². The van der Waals surface area contributed by atoms with Crippen LogP contribution in [0.1, 0.15) is 0 Å². The molecule has 3 aromatic rings. The number of nitrogens with one attached hydrogen (secondary N) is 1. The second-order valence-corrected chi connectivity index (χ2v) is 7.22. The van der Waals surface area contributed by atoms with Crippen molar-refractivity contribution in [1.29, 1.82) is 0 Å². The molecule has 0 radical (unpaired) electrons. The van der Waals surface area contributed by atoms with E-state index in [2.05, 4.69) is 9.50 Å². The first-order valence-electron chi connectivity index (χ1n) is 8.41. The van der Waals surface area contributed by atoms with Gasteiger partial charge in [-0.2, -0.15) is 0 Å². The molecule has 0 aliphatic carbocycles. The SMILES string of the molecule is O=C1C=CC(=O)N1c1ccc(Nc2ccc3cc(OS(=O)(=O)[O-])ccc3c2)cc1.[Na+]. The van der Waals surface area contributed by atoms with Crippen LogP contribution in [0.4, 0.5) is 17.1 Å². The molecule has 1 aliphatic heterocycles. The molecule has 1 aliphatic rings. The monoisotopic (exact) mass is 432 g/mol. The fourth-order valence-electron chi connectivity index (χ4n) is 2.99. The molecular formula is C20H13N2NaO6S. The van der Waals surface area contributed by atoms with E-state index in [9.17, 15) is 22.6 Å². The van der Waals surface area contributed by atoms with Crippen molar-refractivity contribution in [2.24, 2.45) is 0 Å². The summed E-state index contributed by atoms with van der Waals surface area (Å²) in [5.74, 6) is -0.805. The molecule has 0 saturated heterocycles. The van der Waals surface area contributed by atoms with E-state index < -0.39 is 10.4 Å². The number of amides is 2. The van der Waals surface area contributed by atoms with Crippen molar-refractivity contribution in [3.8, 4) is 5.75 Å². The summed E-state index contributed by atoms with van der Waals surface area (Å²) in [6.07, 6.45) is 2.46. The van der Waals surface area contributed by atoms with Gasteiger partial charge in [0.15, 0.2) is 0 Å². The van der Waals surface area contributed by atoms with E-state index in [-0.39, 0.29) is 47.1 Å². The average molecular weight is 432 g/mol. The first-order chi connectivity index (χ1) is 13.8. The normalized spacial score (nSPS) is 13.4. The first kappa shape index (κ1) is 22.0. The Kier molecular flexibility index (Phi) is 6.30. The minimum Gasteiger partial charge on any atom is -0.716 e. The molecule has 0 atom stereocenters. The van der Waals surface area contributed by atoms with E-state index in [0.29, 0.717) is 11.1 Å². The van der Waals surface area contributed by atoms with Gasteiger partial charge in [0.1, 0.15) is 5.75 Å². The summed E-state index contributed by atoms with van der Waals surface area (Å²) < 4.78 is 36.5. The summed E-state index contributed by atoms with van der Waals surface area (Å²) in [7, 11) is -4.82. The van der Waals surface area contributed by atoms with Gasteiger partial charge in [0.05, 0.1) is 5.69 Å². The van der Waals surface area contributed by atoms with Crippen LogP contribution in [0.15, 0.2) is 72.8 Å². The van der Waals surface area contributed by atoms with Gasteiger partial charge in [0.25, 0.3) is 22.2 Å². The van der Waals surface area contributed by atoms with E-state index in [1.165, 1.54) is 24.3 Å². The smallest absolute Gasteiger partial charge is 0.716 e. The summed E-state index contributed by atoms with van der Waals surface area (Å²) in [5, 5.41) is 4.71. The number of benzene rings is 3. The Hall–Kier alpha value is -2.69. The molecule has 0 aromatic heterocycles. The van der Waals surface area contributed by atoms with Gasteiger partial charge in [-0.25, -0.2) is 13.3 Å². The molecule has 1 heterocycles. The molecule has 0 spiro atoms. The number of hydrogen-bond acceptors (Lipinski definition) is 7. The quantitative estimate of drug-likeness (QED) is 0.258. The van der Waals surface area contributed by atoms with Crippen LogP contribution in [0.25, 0.3) is 10.8 Å². The van der Waals surface area contributed by atoms with Gasteiger partial charge < -0.3 is 14.1 Å². The molecule has 8 nitrogen and oxygen atoms in total. The van der Waals surface area contributed by atoms with Crippen LogP contribution in [-0.4, -0.2) is 24.8 Å². The zero-order chi connectivity index (χ0) is 20.6. The van der Waals surface area contributed by atoms with Crippen LogP contribution < -0.4 is 44.0 Å². The first-order valence-corrected chi connectivity index (χ1v) is 9.74. The van der Waals surface area contributed by atoms with Gasteiger partial charge in [-0.1, -0.05) is 12.1 Å². The third-order valence-corrected chi connectivity index (χ3v) is 4.63. The van der Waals surface area contributed by atoms with Gasteiger partial charge in [-0.15, -0.1) is 0 Å². The summed E-state index contributed by atoms with van der Waals surface area (Å²) in [6, 6.07) is 16.7. The largest absolute Gasteiger partial charge is 1.00 e. The summed E-state index contributed by atoms with van der Waals surface area (Å²) in [6.45, 7) is 0. The average Bonchev–Trinajstić information content (AvgIpc) is 3.00. The maximum atomic E-state index is 11.7. The molecular weight excluding hydrogens is 419 g/mol. The van der Waals surface area contributed by atoms with Crippen molar-refractivity contribution in [2.45, 2.75) is 0 Å². The molecule has 0 fully saturated rings. The molecule has 0 saturated carbocycles. The van der Waals surface area contributed by atoms with Crippen molar-refractivity contribution in [3.63, 3.8) is 0 Å². The van der Waals surface area contributed by atoms with Gasteiger partial charge in [-0.05, 0) is 59.3 Å². The molecule has 10 heteroatoms. The maximum absolute atomic E-state index is 11.7. The minimum atomic E-state index is -4.82. The Bertz CT molecular complexity index is 1250. The van der Waals surface area contributed by atoms with Crippen LogP contribution in [0.2, 0.25) is 0 Å². The number of carbonyl (C=O) groups is 2. The number of fused-ring (bicyclic) bond motifs is 1. The summed E-state index contributed by atoms with van der Waals surface area (Å²) in [5.41, 5.74) is 2.00. The second kappa shape index (κ2) is 8.58. The van der Waals surface area contributed by atoms with Crippen LogP contribution in [-0.2, 0) is 20.0 Å². The van der Waals surface area contributed by atoms with E-state index in [4.69, 9.17) is 0 Å². The van der Waals surface area contributed by atoms with Gasteiger partial charge in [0, 0.05) is 23.5 Å². The Labute approximate surface area is 194 Å². The van der Waals surface area contributed by atoms with Crippen LogP contribution in [0.5, 0.6) is 5.75 Å². The predicted molar refractivity (Wildman–Crippen MR) is 106 cm³/mol. The predicted octanol–water partition coefficient (Wildman–Crippen LogP) is -0.144. The minimum absolute atomic E-state index is 0. The molecule has 2 amide bonds. The van der Waals surface area contributed by atoms with Crippen molar-refractivity contribution < 1.29 is 56.3 Å². The van der Waals surface area contributed by atoms with E-state index in [0.717, 1.165) is 21.7 Å². The summed E-state index contributed by atoms with van der Waals surface area (Å²) in [4.78, 5) is 24.5. The van der Waals surface area contributed by atoms with Crippen LogP contribution >= 0.6 is 0 Å². The number of anilines is 3. The van der Waals surface area contributed by atoms with E-state index >= 15 is 0 Å². The molecule has 3 aromatic carbocycles. The van der Waals surface area contributed by atoms with Crippen LogP contribution in [0.3, 0.4) is 0 Å². The Morgan fingerprint density at radius 1 is 0.800 bits per heavy atom. The van der Waals surface area contributed by atoms with E-state index in [1.807, 2.05) is 6.07 Å². The second-order valence-electron chi connectivity index (χ2n) is 6.23. The molecule has 146 valence electrons. The zero-order valence-electron chi connectivity index (χ0n) is 15.7. The number of carbonyl (C=O) groups excluding carboxylic acids is 2. The number of imide groups is 1. The maximum Gasteiger partial charge on any atom is 1.00 e. The third-order valence-electron chi connectivity index (χ3n) is 4.23. The van der Waals surface area contributed by atoms with Gasteiger partial charge in [-0.3, -0.25) is 9.59 Å². The topological polar surface area (TPSA) is 116 Å². The van der Waals surface area contributed by atoms with Crippen molar-refractivity contribution in [2.75, 3.05) is 10.2 Å². The molecule has 30 heavy (non-hydrogen) atoms. The molecule has 0 unspecified atom stereocenters. The van der Waals surface area contributed by atoms with Crippen molar-refractivity contribution >= 4 is 50.0 Å². The molecule has 0 bridgehead atoms. The fraction of sp³-hybridized carbons (Fsp3) is 0. The summed E-state index contributed by atoms with van der Waals surface area (Å²) >= 11 is 0. The van der Waals surface area contributed by atoms with Gasteiger partial charge in [0.2, 0.25) is 0 Å². The standard InChI is InChI=1S/C20H14N2O6S.Na/c23-19-9-10-20(24)22(19)17-6-4-15(5-7-17)21-16-3-1-14-12-18(28-29(25,26)27)8-2-13(14)11-16;/h1-12,21H,(H,25,26,27);/q;+1/p-1. The molecule has 4 rings (SSSR count). The van der Waals surface area contributed by atoms with Crippen molar-refractivity contribution in [3.05, 3.63) is 72.8 Å². The zero-order valence-corrected chi connectivity index (χ0v) is 18.5. The Morgan fingerprint density at radius 2 is 1.37 bits per heavy atom. The Balaban J connectivity index is 0.00000256. The third kappa shape index (κ3) is 4.89. The fourth-order valence-corrected chi connectivity index (χ4v) is 3.33. The molecule has 1 N–H and O–H groups in total. The number of hydrogen-bond donors (Lipinski definition) is 1.